The van der Waals surface area contributed by atoms with E-state index in [9.17, 15) is 25.2 Å². The molecule has 0 aromatic rings. The third kappa shape index (κ3) is 34.0. The maximum absolute atomic E-state index is 12.8. The molecule has 9 nitrogen and oxygen atoms in total. The first-order valence-corrected chi connectivity index (χ1v) is 24.9. The van der Waals surface area contributed by atoms with Gasteiger partial charge in [-0.3, -0.25) is 4.79 Å². The summed E-state index contributed by atoms with van der Waals surface area (Å²) in [6.45, 7) is 4.42. The van der Waals surface area contributed by atoms with E-state index in [-0.39, 0.29) is 25.6 Å². The molecular weight excluding hydrogens is 769 g/mol. The quantitative estimate of drug-likeness (QED) is 0.0269. The number of aliphatic hydroxyl groups excluding tert-OH is 4. The highest BCUT2D eigenvalue weighted by Crippen LogP contribution is 2.23. The molecule has 4 N–H and O–H groups in total. The van der Waals surface area contributed by atoms with Crippen LogP contribution in [0, 0.1) is 0 Å². The molecule has 0 radical (unpaired) electrons. The van der Waals surface area contributed by atoms with Gasteiger partial charge in [0, 0.05) is 13.0 Å². The van der Waals surface area contributed by atoms with Gasteiger partial charge in [0.25, 0.3) is 0 Å². The number of allylic oxidation sites excluding steroid dienone is 10. The van der Waals surface area contributed by atoms with Gasteiger partial charge in [-0.15, -0.1) is 0 Å². The smallest absolute Gasteiger partial charge is 0.306 e. The topological polar surface area (TPSA) is 135 Å². The van der Waals surface area contributed by atoms with E-state index < -0.39 is 43.4 Å². The van der Waals surface area contributed by atoms with Crippen LogP contribution in [0.2, 0.25) is 0 Å². The lowest BCUT2D eigenvalue weighted by molar-refractivity contribution is -0.305. The Morgan fingerprint density at radius 2 is 1.00 bits per heavy atom. The van der Waals surface area contributed by atoms with Gasteiger partial charge in [0.15, 0.2) is 6.29 Å². The van der Waals surface area contributed by atoms with Crippen LogP contribution in [-0.4, -0.2) is 89.6 Å². The van der Waals surface area contributed by atoms with Crippen molar-refractivity contribution in [2.24, 2.45) is 0 Å². The molecule has 0 aromatic carbocycles. The van der Waals surface area contributed by atoms with E-state index in [2.05, 4.69) is 74.6 Å². The lowest BCUT2D eigenvalue weighted by Crippen LogP contribution is -2.59. The lowest BCUT2D eigenvalue weighted by atomic mass is 9.99. The fourth-order valence-electron chi connectivity index (χ4n) is 7.34. The Kier molecular flexibility index (Phi) is 40.3. The second-order valence-electron chi connectivity index (χ2n) is 16.9. The van der Waals surface area contributed by atoms with Gasteiger partial charge in [-0.1, -0.05) is 197 Å². The minimum absolute atomic E-state index is 0.127. The summed E-state index contributed by atoms with van der Waals surface area (Å²) in [4.78, 5) is 12.8. The van der Waals surface area contributed by atoms with Gasteiger partial charge in [-0.25, -0.2) is 0 Å². The average molecular weight is 861 g/mol. The minimum Gasteiger partial charge on any atom is -0.457 e. The molecule has 0 amide bonds. The van der Waals surface area contributed by atoms with Crippen molar-refractivity contribution in [1.29, 1.82) is 0 Å². The fraction of sp³-hybridized carbons (Fsp3) is 0.788. The molecule has 0 aromatic heterocycles. The van der Waals surface area contributed by atoms with E-state index in [1.165, 1.54) is 109 Å². The number of aliphatic hydroxyl groups is 4. The molecule has 1 fully saturated rings. The highest BCUT2D eigenvalue weighted by molar-refractivity contribution is 5.69. The summed E-state index contributed by atoms with van der Waals surface area (Å²) in [6.07, 6.45) is 48.2. The van der Waals surface area contributed by atoms with E-state index in [1.807, 2.05) is 0 Å². The van der Waals surface area contributed by atoms with Crippen molar-refractivity contribution in [3.05, 3.63) is 60.8 Å². The van der Waals surface area contributed by atoms with Crippen LogP contribution >= 0.6 is 0 Å². The molecule has 1 heterocycles. The number of rotatable bonds is 42. The third-order valence-electron chi connectivity index (χ3n) is 11.2. The summed E-state index contributed by atoms with van der Waals surface area (Å²) < 4.78 is 22.9. The maximum Gasteiger partial charge on any atom is 0.306 e. The minimum atomic E-state index is -1.54. The first-order chi connectivity index (χ1) is 29.9. The van der Waals surface area contributed by atoms with Gasteiger partial charge in [-0.2, -0.15) is 0 Å². The van der Waals surface area contributed by atoms with Crippen LogP contribution in [0.1, 0.15) is 200 Å². The van der Waals surface area contributed by atoms with E-state index in [0.29, 0.717) is 13.0 Å². The molecule has 0 bridgehead atoms. The molecule has 9 heteroatoms. The van der Waals surface area contributed by atoms with Gasteiger partial charge in [0.1, 0.15) is 30.5 Å². The summed E-state index contributed by atoms with van der Waals surface area (Å²) in [7, 11) is 0. The van der Waals surface area contributed by atoms with Crippen molar-refractivity contribution in [2.45, 2.75) is 237 Å². The van der Waals surface area contributed by atoms with E-state index in [1.54, 1.807) is 0 Å². The number of hydrogen-bond donors (Lipinski definition) is 4. The molecule has 0 aliphatic carbocycles. The summed E-state index contributed by atoms with van der Waals surface area (Å²) in [5.74, 6) is -0.343. The first kappa shape index (κ1) is 56.9. The number of esters is 1. The van der Waals surface area contributed by atoms with Gasteiger partial charge < -0.3 is 39.4 Å². The van der Waals surface area contributed by atoms with Crippen molar-refractivity contribution in [3.8, 4) is 0 Å². The molecule has 354 valence electrons. The van der Waals surface area contributed by atoms with Crippen LogP contribution in [0.25, 0.3) is 0 Å². The number of carbonyl (C=O) groups excluding carboxylic acids is 1. The van der Waals surface area contributed by atoms with Crippen LogP contribution in [0.4, 0.5) is 0 Å². The van der Waals surface area contributed by atoms with Crippen molar-refractivity contribution in [1.82, 2.24) is 0 Å². The van der Waals surface area contributed by atoms with Crippen LogP contribution < -0.4 is 0 Å². The SMILES string of the molecule is CC/C=C\C/C=C\C/C=C\C/C=C\C/C=C\CCCCCC(=O)OC(COCCCCCCCCCCCCCCCCCCCCC)COC1OC(CO)C(O)C(O)C1O. The van der Waals surface area contributed by atoms with Crippen molar-refractivity contribution in [2.75, 3.05) is 26.4 Å². The highest BCUT2D eigenvalue weighted by Gasteiger charge is 2.44. The Labute approximate surface area is 373 Å². The Balaban J connectivity index is 2.25. The van der Waals surface area contributed by atoms with Crippen molar-refractivity contribution >= 4 is 5.97 Å². The number of ether oxygens (including phenoxy) is 4. The van der Waals surface area contributed by atoms with Gasteiger partial charge in [0.2, 0.25) is 0 Å². The average Bonchev–Trinajstić information content (AvgIpc) is 3.26. The highest BCUT2D eigenvalue weighted by atomic mass is 16.7. The second-order valence-corrected chi connectivity index (χ2v) is 16.9. The van der Waals surface area contributed by atoms with Gasteiger partial charge >= 0.3 is 5.97 Å². The summed E-state index contributed by atoms with van der Waals surface area (Å²) in [5.41, 5.74) is 0. The fourth-order valence-corrected chi connectivity index (χ4v) is 7.34. The van der Waals surface area contributed by atoms with Gasteiger partial charge in [0.05, 0.1) is 19.8 Å². The van der Waals surface area contributed by atoms with Crippen LogP contribution in [0.3, 0.4) is 0 Å². The molecule has 0 saturated carbocycles. The predicted octanol–water partition coefficient (Wildman–Crippen LogP) is 11.9. The maximum atomic E-state index is 12.8. The Bertz CT molecular complexity index is 1120. The van der Waals surface area contributed by atoms with Crippen LogP contribution in [0.5, 0.6) is 0 Å². The predicted molar refractivity (Wildman–Crippen MR) is 251 cm³/mol. The summed E-state index contributed by atoms with van der Waals surface area (Å²) in [6, 6.07) is 0. The van der Waals surface area contributed by atoms with E-state index in [0.717, 1.165) is 64.2 Å². The molecule has 1 aliphatic heterocycles. The lowest BCUT2D eigenvalue weighted by Gasteiger charge is -2.39. The molecule has 1 aliphatic rings. The number of unbranched alkanes of at least 4 members (excludes halogenated alkanes) is 21. The second kappa shape index (κ2) is 43.2. The third-order valence-corrected chi connectivity index (χ3v) is 11.2. The Hall–Kier alpha value is -2.11. The molecular formula is C52H92O9. The molecule has 1 saturated heterocycles. The van der Waals surface area contributed by atoms with Crippen LogP contribution in [-0.2, 0) is 23.7 Å². The van der Waals surface area contributed by atoms with Crippen molar-refractivity contribution in [3.63, 3.8) is 0 Å². The number of carbonyl (C=O) groups is 1. The Morgan fingerprint density at radius 3 is 1.49 bits per heavy atom. The first-order valence-electron chi connectivity index (χ1n) is 24.9. The molecule has 6 atom stereocenters. The number of hydrogen-bond acceptors (Lipinski definition) is 9. The normalized spacial score (nSPS) is 20.4. The van der Waals surface area contributed by atoms with Crippen molar-refractivity contribution < 1.29 is 44.2 Å². The zero-order valence-corrected chi connectivity index (χ0v) is 38.9. The monoisotopic (exact) mass is 861 g/mol. The Morgan fingerprint density at radius 1 is 0.541 bits per heavy atom. The zero-order chi connectivity index (χ0) is 44.3. The summed E-state index contributed by atoms with van der Waals surface area (Å²) in [5, 5.41) is 40.2. The molecule has 1 rings (SSSR count). The molecule has 6 unspecified atom stereocenters. The standard InChI is InChI=1S/C52H92O9/c1-3-5-7-9-11-13-15-17-19-21-23-25-27-29-31-33-35-37-39-41-48(54)60-46(45-59-52-51(57)50(56)49(55)47(43-53)61-52)44-58-42-40-38-36-34-32-30-28-26-24-22-20-18-16-14-12-10-8-6-4-2/h5,7,11,13,17,19,23,25,29,31,46-47,49-53,55-57H,3-4,6,8-10,12,14-16,18,20-22,24,26-28,30,32-45H2,1-2H3/b7-5-,13-11-,19-17-,25-23-,31-29-. The zero-order valence-electron chi connectivity index (χ0n) is 38.9. The summed E-state index contributed by atoms with van der Waals surface area (Å²) >= 11 is 0. The van der Waals surface area contributed by atoms with Crippen LogP contribution in [0.15, 0.2) is 60.8 Å². The van der Waals surface area contributed by atoms with E-state index in [4.69, 9.17) is 18.9 Å². The van der Waals surface area contributed by atoms with E-state index >= 15 is 0 Å². The molecule has 0 spiro atoms. The van der Waals surface area contributed by atoms with Gasteiger partial charge in [-0.05, 0) is 57.8 Å². The molecule has 61 heavy (non-hydrogen) atoms. The largest absolute Gasteiger partial charge is 0.457 e.